The van der Waals surface area contributed by atoms with Gasteiger partial charge in [-0.15, -0.1) is 11.3 Å². The Balaban J connectivity index is 1.85. The number of amides is 2. The van der Waals surface area contributed by atoms with E-state index in [-0.39, 0.29) is 17.9 Å². The number of carbonyl (C=O) groups excluding carboxylic acids is 2. The highest BCUT2D eigenvalue weighted by atomic mass is 32.1. The van der Waals surface area contributed by atoms with E-state index in [0.717, 1.165) is 37.0 Å². The van der Waals surface area contributed by atoms with Crippen LogP contribution in [0.4, 0.5) is 5.00 Å². The quantitative estimate of drug-likeness (QED) is 0.546. The first-order valence-corrected chi connectivity index (χ1v) is 10.9. The zero-order valence-corrected chi connectivity index (χ0v) is 18.3. The summed E-state index contributed by atoms with van der Waals surface area (Å²) < 4.78 is 5.63. The Labute approximate surface area is 176 Å². The maximum absolute atomic E-state index is 12.9. The zero-order valence-electron chi connectivity index (χ0n) is 17.5. The number of anilines is 1. The van der Waals surface area contributed by atoms with Crippen molar-refractivity contribution in [3.05, 3.63) is 45.8 Å². The molecule has 0 aliphatic heterocycles. The van der Waals surface area contributed by atoms with Crippen LogP contribution in [-0.4, -0.2) is 37.0 Å². The molecule has 0 spiro atoms. The minimum Gasteiger partial charge on any atom is -0.491 e. The molecule has 0 saturated heterocycles. The second-order valence-electron chi connectivity index (χ2n) is 7.75. The minimum atomic E-state index is -0.226. The van der Waals surface area contributed by atoms with E-state index in [1.165, 1.54) is 22.6 Å². The van der Waals surface area contributed by atoms with Gasteiger partial charge >= 0.3 is 0 Å². The average molecular weight is 416 g/mol. The molecule has 1 aromatic carbocycles. The number of hydrogen-bond donors (Lipinski definition) is 2. The van der Waals surface area contributed by atoms with E-state index in [1.807, 2.05) is 13.8 Å². The van der Waals surface area contributed by atoms with Gasteiger partial charge in [-0.25, -0.2) is 5.01 Å². The summed E-state index contributed by atoms with van der Waals surface area (Å²) in [6.45, 7) is 3.92. The largest absolute Gasteiger partial charge is 0.491 e. The van der Waals surface area contributed by atoms with Crippen LogP contribution < -0.4 is 15.5 Å². The van der Waals surface area contributed by atoms with Gasteiger partial charge in [0.15, 0.2) is 0 Å². The maximum Gasteiger partial charge on any atom is 0.268 e. The summed E-state index contributed by atoms with van der Waals surface area (Å²) in [5.74, 6) is 0.326. The molecular weight excluding hydrogens is 386 g/mol. The Morgan fingerprint density at radius 1 is 1.03 bits per heavy atom. The van der Waals surface area contributed by atoms with Gasteiger partial charge in [-0.3, -0.25) is 15.0 Å². The van der Waals surface area contributed by atoms with Crippen molar-refractivity contribution in [1.29, 1.82) is 0 Å². The van der Waals surface area contributed by atoms with E-state index in [9.17, 15) is 9.59 Å². The molecule has 1 aliphatic rings. The molecule has 0 atom stereocenters. The van der Waals surface area contributed by atoms with Gasteiger partial charge in [0.25, 0.3) is 11.8 Å². The summed E-state index contributed by atoms with van der Waals surface area (Å²) in [6.07, 6.45) is 5.26. The summed E-state index contributed by atoms with van der Waals surface area (Å²) in [5, 5.41) is 5.23. The van der Waals surface area contributed by atoms with E-state index >= 15 is 0 Å². The molecule has 156 valence electrons. The molecule has 0 radical (unpaired) electrons. The van der Waals surface area contributed by atoms with Gasteiger partial charge in [0.05, 0.1) is 11.7 Å². The normalized spacial score (nSPS) is 13.7. The molecule has 0 unspecified atom stereocenters. The topological polar surface area (TPSA) is 70.7 Å². The van der Waals surface area contributed by atoms with E-state index in [4.69, 9.17) is 4.74 Å². The van der Waals surface area contributed by atoms with Gasteiger partial charge in [-0.2, -0.15) is 0 Å². The first kappa shape index (κ1) is 21.3. The Morgan fingerprint density at radius 2 is 1.72 bits per heavy atom. The highest BCUT2D eigenvalue weighted by molar-refractivity contribution is 7.17. The number of nitrogens with one attached hydrogen (secondary N) is 2. The van der Waals surface area contributed by atoms with Crippen molar-refractivity contribution in [3.8, 4) is 5.75 Å². The lowest BCUT2D eigenvalue weighted by molar-refractivity contribution is 0.0857. The van der Waals surface area contributed by atoms with Gasteiger partial charge in [-0.05, 0) is 69.4 Å². The summed E-state index contributed by atoms with van der Waals surface area (Å²) in [6, 6.07) is 7.06. The van der Waals surface area contributed by atoms with Crippen LogP contribution in [0.2, 0.25) is 0 Å². The van der Waals surface area contributed by atoms with Crippen LogP contribution in [0.1, 0.15) is 64.3 Å². The second kappa shape index (κ2) is 9.41. The molecule has 1 heterocycles. The lowest BCUT2D eigenvalue weighted by Gasteiger charge is -2.14. The van der Waals surface area contributed by atoms with Crippen molar-refractivity contribution in [2.45, 2.75) is 52.1 Å². The molecule has 2 aromatic rings. The predicted molar refractivity (Wildman–Crippen MR) is 117 cm³/mol. The lowest BCUT2D eigenvalue weighted by Crippen LogP contribution is -2.36. The first-order chi connectivity index (χ1) is 13.8. The van der Waals surface area contributed by atoms with E-state index in [1.54, 1.807) is 43.4 Å². The van der Waals surface area contributed by atoms with Crippen LogP contribution in [0, 0.1) is 0 Å². The minimum absolute atomic E-state index is 0.0777. The summed E-state index contributed by atoms with van der Waals surface area (Å²) in [5.41, 5.74) is 5.05. The third-order valence-electron chi connectivity index (χ3n) is 4.69. The highest BCUT2D eigenvalue weighted by Crippen LogP contribution is 2.37. The van der Waals surface area contributed by atoms with E-state index in [2.05, 4.69) is 10.7 Å². The van der Waals surface area contributed by atoms with Gasteiger partial charge in [0.2, 0.25) is 0 Å². The highest BCUT2D eigenvalue weighted by Gasteiger charge is 2.26. The fourth-order valence-electron chi connectivity index (χ4n) is 3.46. The Morgan fingerprint density at radius 3 is 2.38 bits per heavy atom. The number of thiophene rings is 1. The molecule has 2 N–H and O–H groups in total. The first-order valence-electron chi connectivity index (χ1n) is 10.1. The molecule has 0 bridgehead atoms. The Bertz CT molecular complexity index is 872. The van der Waals surface area contributed by atoms with Crippen LogP contribution in [0.5, 0.6) is 5.75 Å². The van der Waals surface area contributed by atoms with Crippen molar-refractivity contribution in [3.63, 3.8) is 0 Å². The van der Waals surface area contributed by atoms with Gasteiger partial charge < -0.3 is 10.1 Å². The standard InChI is InChI=1S/C22H29N3O3S/c1-14(2)28-16-12-10-15(11-13-16)20(26)23-22-19(21(27)24-25(3)4)17-8-6-5-7-9-18(17)29-22/h10-14H,5-9H2,1-4H3,(H,23,26)(H,24,27). The summed E-state index contributed by atoms with van der Waals surface area (Å²) >= 11 is 1.53. The summed E-state index contributed by atoms with van der Waals surface area (Å²) in [7, 11) is 3.56. The maximum atomic E-state index is 12.9. The van der Waals surface area contributed by atoms with Crippen LogP contribution in [0.15, 0.2) is 24.3 Å². The number of aryl methyl sites for hydroxylation is 1. The molecule has 2 amide bonds. The average Bonchev–Trinajstić information content (AvgIpc) is 2.82. The Kier molecular flexibility index (Phi) is 6.92. The molecule has 3 rings (SSSR count). The van der Waals surface area contributed by atoms with Crippen LogP contribution in [0.25, 0.3) is 0 Å². The van der Waals surface area contributed by atoms with Crippen molar-refractivity contribution >= 4 is 28.2 Å². The van der Waals surface area contributed by atoms with E-state index in [0.29, 0.717) is 16.1 Å². The van der Waals surface area contributed by atoms with E-state index < -0.39 is 0 Å². The number of rotatable bonds is 6. The van der Waals surface area contributed by atoms with Crippen molar-refractivity contribution in [1.82, 2.24) is 10.4 Å². The monoisotopic (exact) mass is 415 g/mol. The molecule has 6 nitrogen and oxygen atoms in total. The molecule has 0 saturated carbocycles. The third-order valence-corrected chi connectivity index (χ3v) is 5.90. The molecule has 1 aromatic heterocycles. The predicted octanol–water partition coefficient (Wildman–Crippen LogP) is 4.26. The van der Waals surface area contributed by atoms with Gasteiger partial charge in [0, 0.05) is 24.5 Å². The van der Waals surface area contributed by atoms with Crippen molar-refractivity contribution < 1.29 is 14.3 Å². The number of carbonyl (C=O) groups is 2. The SMILES string of the molecule is CC(C)Oc1ccc(C(=O)Nc2sc3c(c2C(=O)NN(C)C)CCCCC3)cc1. The number of ether oxygens (including phenoxy) is 1. The second-order valence-corrected chi connectivity index (χ2v) is 8.85. The van der Waals surface area contributed by atoms with Crippen LogP contribution >= 0.6 is 11.3 Å². The number of nitrogens with zero attached hydrogens (tertiary/aromatic N) is 1. The smallest absolute Gasteiger partial charge is 0.268 e. The number of benzene rings is 1. The number of hydrazine groups is 1. The van der Waals surface area contributed by atoms with Crippen molar-refractivity contribution in [2.75, 3.05) is 19.4 Å². The number of fused-ring (bicyclic) bond motifs is 1. The third kappa shape index (κ3) is 5.36. The molecule has 7 heteroatoms. The Hall–Kier alpha value is -2.38. The molecule has 29 heavy (non-hydrogen) atoms. The fourth-order valence-corrected chi connectivity index (χ4v) is 4.74. The molecule has 1 aliphatic carbocycles. The summed E-state index contributed by atoms with van der Waals surface area (Å²) in [4.78, 5) is 26.9. The molecular formula is C22H29N3O3S. The lowest BCUT2D eigenvalue weighted by atomic mass is 10.0. The van der Waals surface area contributed by atoms with Crippen molar-refractivity contribution in [2.24, 2.45) is 0 Å². The van der Waals surface area contributed by atoms with Crippen LogP contribution in [-0.2, 0) is 12.8 Å². The van der Waals surface area contributed by atoms with Gasteiger partial charge in [0.1, 0.15) is 10.8 Å². The van der Waals surface area contributed by atoms with Crippen LogP contribution in [0.3, 0.4) is 0 Å². The number of hydrogen-bond acceptors (Lipinski definition) is 5. The fraction of sp³-hybridized carbons (Fsp3) is 0.455. The zero-order chi connectivity index (χ0) is 21.0. The molecule has 0 fully saturated rings. The van der Waals surface area contributed by atoms with Gasteiger partial charge in [-0.1, -0.05) is 6.42 Å².